The van der Waals surface area contributed by atoms with Gasteiger partial charge in [-0.05, 0) is 47.2 Å². The van der Waals surface area contributed by atoms with Gasteiger partial charge >= 0.3 is 5.97 Å². The Bertz CT molecular complexity index is 934. The summed E-state index contributed by atoms with van der Waals surface area (Å²) in [6.07, 6.45) is 8.82. The van der Waals surface area contributed by atoms with Crippen molar-refractivity contribution in [3.05, 3.63) is 78.4 Å². The van der Waals surface area contributed by atoms with Crippen LogP contribution in [0.15, 0.2) is 72.8 Å². The van der Waals surface area contributed by atoms with Gasteiger partial charge in [-0.3, -0.25) is 0 Å². The van der Waals surface area contributed by atoms with Crippen LogP contribution < -0.4 is 4.74 Å². The highest BCUT2D eigenvalue weighted by Crippen LogP contribution is 2.34. The Hall–Kier alpha value is -2.65. The van der Waals surface area contributed by atoms with E-state index in [9.17, 15) is 4.79 Å². The Labute approximate surface area is 177 Å². The number of esters is 1. The molecule has 0 aliphatic carbocycles. The third-order valence-electron chi connectivity index (χ3n) is 4.76. The molecule has 0 N–H and O–H groups in total. The molecular formula is C26H28O2S. The van der Waals surface area contributed by atoms with Crippen molar-refractivity contribution in [1.82, 2.24) is 0 Å². The Balaban J connectivity index is 1.63. The van der Waals surface area contributed by atoms with E-state index in [1.54, 1.807) is 0 Å². The number of hydrogen-bond donors (Lipinski definition) is 0. The van der Waals surface area contributed by atoms with Gasteiger partial charge in [0.2, 0.25) is 0 Å². The van der Waals surface area contributed by atoms with Gasteiger partial charge in [-0.25, -0.2) is 4.79 Å². The molecule has 0 radical (unpaired) electrons. The summed E-state index contributed by atoms with van der Waals surface area (Å²) in [5.74, 6) is -0.309. The van der Waals surface area contributed by atoms with Crippen LogP contribution in [0.2, 0.25) is 0 Å². The topological polar surface area (TPSA) is 26.3 Å². The van der Waals surface area contributed by atoms with E-state index in [4.69, 9.17) is 4.74 Å². The average molecular weight is 405 g/mol. The zero-order chi connectivity index (χ0) is 20.5. The Morgan fingerprint density at radius 1 is 0.862 bits per heavy atom. The summed E-state index contributed by atoms with van der Waals surface area (Å²) < 4.78 is 5.41. The average Bonchev–Trinajstić information content (AvgIpc) is 3.20. The highest BCUT2D eigenvalue weighted by atomic mass is 32.1. The second-order valence-electron chi connectivity index (χ2n) is 7.11. The van der Waals surface area contributed by atoms with Crippen LogP contribution in [0.25, 0.3) is 21.6 Å². The fourth-order valence-corrected chi connectivity index (χ4v) is 4.01. The van der Waals surface area contributed by atoms with Crippen molar-refractivity contribution in [1.29, 1.82) is 0 Å². The molecule has 1 aromatic heterocycles. The third kappa shape index (κ3) is 6.16. The molecule has 0 unspecified atom stereocenters. The zero-order valence-corrected chi connectivity index (χ0v) is 18.0. The number of thiophene rings is 1. The number of ether oxygens (including phenoxy) is 1. The number of hydrogen-bond acceptors (Lipinski definition) is 3. The van der Waals surface area contributed by atoms with Crippen LogP contribution in [0.1, 0.15) is 45.1 Å². The van der Waals surface area contributed by atoms with Gasteiger partial charge < -0.3 is 4.74 Å². The minimum atomic E-state index is -0.309. The van der Waals surface area contributed by atoms with Gasteiger partial charge in [-0.2, -0.15) is 0 Å². The molecule has 0 saturated heterocycles. The maximum atomic E-state index is 11.9. The SMILES string of the molecule is CCCCC=CC(=O)Oc1ccc(-c2ccc(-c3ccc(CCC)cc3)cc2)s1. The molecule has 1 heterocycles. The summed E-state index contributed by atoms with van der Waals surface area (Å²) in [6.45, 7) is 4.34. The molecular weight excluding hydrogens is 376 g/mol. The fraction of sp³-hybridized carbons (Fsp3) is 0.269. The number of aryl methyl sites for hydroxylation is 1. The van der Waals surface area contributed by atoms with Gasteiger partial charge in [0.15, 0.2) is 5.06 Å². The van der Waals surface area contributed by atoms with Crippen LogP contribution in [0.4, 0.5) is 0 Å². The number of unbranched alkanes of at least 4 members (excludes halogenated alkanes) is 2. The lowest BCUT2D eigenvalue weighted by atomic mass is 10.0. The molecule has 0 fully saturated rings. The van der Waals surface area contributed by atoms with Gasteiger partial charge in [0.1, 0.15) is 0 Å². The van der Waals surface area contributed by atoms with Crippen molar-refractivity contribution in [3.8, 4) is 26.6 Å². The lowest BCUT2D eigenvalue weighted by molar-refractivity contribution is -0.128. The first-order valence-electron chi connectivity index (χ1n) is 10.4. The molecule has 3 heteroatoms. The first-order valence-corrected chi connectivity index (χ1v) is 11.2. The molecule has 3 aromatic rings. The van der Waals surface area contributed by atoms with Gasteiger partial charge in [-0.15, -0.1) is 0 Å². The van der Waals surface area contributed by atoms with Crippen LogP contribution >= 0.6 is 11.3 Å². The van der Waals surface area contributed by atoms with Crippen molar-refractivity contribution < 1.29 is 9.53 Å². The lowest BCUT2D eigenvalue weighted by Gasteiger charge is -2.05. The molecule has 0 spiro atoms. The van der Waals surface area contributed by atoms with E-state index in [2.05, 4.69) is 62.4 Å². The fourth-order valence-electron chi connectivity index (χ4n) is 3.14. The van der Waals surface area contributed by atoms with Crippen molar-refractivity contribution in [2.45, 2.75) is 46.0 Å². The normalized spacial score (nSPS) is 11.1. The summed E-state index contributed by atoms with van der Waals surface area (Å²) in [7, 11) is 0. The first kappa shape index (κ1) is 21.1. The second kappa shape index (κ2) is 10.8. The van der Waals surface area contributed by atoms with Gasteiger partial charge in [0, 0.05) is 11.0 Å². The third-order valence-corrected chi connectivity index (χ3v) is 5.77. The summed E-state index contributed by atoms with van der Waals surface area (Å²) >= 11 is 1.49. The number of carbonyl (C=O) groups excluding carboxylic acids is 1. The summed E-state index contributed by atoms with van der Waals surface area (Å²) in [5.41, 5.74) is 4.94. The molecule has 3 rings (SSSR count). The largest absolute Gasteiger partial charge is 0.412 e. The van der Waals surface area contributed by atoms with Crippen molar-refractivity contribution >= 4 is 17.3 Å². The highest BCUT2D eigenvalue weighted by Gasteiger charge is 2.07. The Morgan fingerprint density at radius 2 is 1.52 bits per heavy atom. The molecule has 150 valence electrons. The lowest BCUT2D eigenvalue weighted by Crippen LogP contribution is -2.01. The van der Waals surface area contributed by atoms with E-state index < -0.39 is 0 Å². The van der Waals surface area contributed by atoms with Crippen molar-refractivity contribution in [2.24, 2.45) is 0 Å². The van der Waals surface area contributed by atoms with Crippen LogP contribution in [0, 0.1) is 0 Å². The molecule has 0 saturated carbocycles. The van der Waals surface area contributed by atoms with Crippen molar-refractivity contribution in [2.75, 3.05) is 0 Å². The molecule has 2 aromatic carbocycles. The maximum Gasteiger partial charge on any atom is 0.336 e. The Morgan fingerprint density at radius 3 is 2.17 bits per heavy atom. The van der Waals surface area contributed by atoms with E-state index in [0.29, 0.717) is 5.06 Å². The number of benzene rings is 2. The Kier molecular flexibility index (Phi) is 7.83. The molecule has 0 amide bonds. The number of rotatable bonds is 9. The number of allylic oxidation sites excluding steroid dienone is 1. The minimum Gasteiger partial charge on any atom is -0.412 e. The molecule has 29 heavy (non-hydrogen) atoms. The van der Waals surface area contributed by atoms with Crippen LogP contribution in [0.3, 0.4) is 0 Å². The molecule has 2 nitrogen and oxygen atoms in total. The van der Waals surface area contributed by atoms with Gasteiger partial charge in [0.05, 0.1) is 0 Å². The standard InChI is InChI=1S/C26H28O2S/c1-3-5-6-7-9-25(27)28-26-19-18-24(29-26)23-16-14-22(15-17-23)21-12-10-20(8-4-2)11-13-21/h7,9-19H,3-6,8H2,1-2H3. The molecule has 0 atom stereocenters. The van der Waals surface area contributed by atoms with Crippen molar-refractivity contribution in [3.63, 3.8) is 0 Å². The van der Waals surface area contributed by atoms with E-state index in [0.717, 1.165) is 36.1 Å². The molecule has 0 bridgehead atoms. The second-order valence-corrected chi connectivity index (χ2v) is 8.15. The van der Waals surface area contributed by atoms with E-state index in [1.807, 2.05) is 18.2 Å². The minimum absolute atomic E-state index is 0.309. The van der Waals surface area contributed by atoms with E-state index in [1.165, 1.54) is 40.5 Å². The molecule has 0 aliphatic rings. The van der Waals surface area contributed by atoms with Gasteiger partial charge in [0.25, 0.3) is 0 Å². The number of carbonyl (C=O) groups is 1. The van der Waals surface area contributed by atoms with Gasteiger partial charge in [-0.1, -0.05) is 99.1 Å². The monoisotopic (exact) mass is 404 g/mol. The smallest absolute Gasteiger partial charge is 0.336 e. The summed E-state index contributed by atoms with van der Waals surface area (Å²) in [4.78, 5) is 13.0. The van der Waals surface area contributed by atoms with Crippen LogP contribution in [-0.4, -0.2) is 5.97 Å². The summed E-state index contributed by atoms with van der Waals surface area (Å²) in [6, 6.07) is 21.2. The summed E-state index contributed by atoms with van der Waals surface area (Å²) in [5, 5.41) is 0.626. The van der Waals surface area contributed by atoms with E-state index in [-0.39, 0.29) is 5.97 Å². The maximum absolute atomic E-state index is 11.9. The quantitative estimate of drug-likeness (QED) is 0.208. The molecule has 0 aliphatic heterocycles. The van der Waals surface area contributed by atoms with Crippen LogP contribution in [0.5, 0.6) is 5.06 Å². The van der Waals surface area contributed by atoms with E-state index >= 15 is 0 Å². The first-order chi connectivity index (χ1) is 14.2. The highest BCUT2D eigenvalue weighted by molar-refractivity contribution is 7.17. The van der Waals surface area contributed by atoms with Crippen LogP contribution in [-0.2, 0) is 11.2 Å². The zero-order valence-electron chi connectivity index (χ0n) is 17.2. The predicted octanol–water partition coefficient (Wildman–Crippen LogP) is 7.69. The predicted molar refractivity (Wildman–Crippen MR) is 123 cm³/mol.